The van der Waals surface area contributed by atoms with Crippen molar-refractivity contribution >= 4 is 11.3 Å². The molecule has 2 atom stereocenters. The lowest BCUT2D eigenvalue weighted by Crippen LogP contribution is -2.30. The van der Waals surface area contributed by atoms with Gasteiger partial charge in [-0.05, 0) is 24.8 Å². The third-order valence-corrected chi connectivity index (χ3v) is 3.76. The molecule has 4 heteroatoms. The third kappa shape index (κ3) is 1.99. The van der Waals surface area contributed by atoms with E-state index in [9.17, 15) is 0 Å². The van der Waals surface area contributed by atoms with Crippen LogP contribution in [-0.2, 0) is 0 Å². The van der Waals surface area contributed by atoms with E-state index in [2.05, 4.69) is 22.3 Å². The maximum absolute atomic E-state index is 4.44. The number of aromatic nitrogens is 3. The van der Waals surface area contributed by atoms with Gasteiger partial charge in [-0.2, -0.15) is 5.10 Å². The fourth-order valence-corrected chi connectivity index (χ4v) is 2.68. The van der Waals surface area contributed by atoms with E-state index in [0.717, 1.165) is 17.3 Å². The lowest BCUT2D eigenvalue weighted by Gasteiger charge is -2.30. The van der Waals surface area contributed by atoms with Crippen LogP contribution in [0.5, 0.6) is 0 Å². The molecule has 1 N–H and O–H groups in total. The summed E-state index contributed by atoms with van der Waals surface area (Å²) in [6.07, 6.45) is 10.7. The highest BCUT2D eigenvalue weighted by Gasteiger charge is 2.21. The molecule has 3 rings (SSSR count). The summed E-state index contributed by atoms with van der Waals surface area (Å²) < 4.78 is 1.86. The van der Waals surface area contributed by atoms with E-state index in [0.29, 0.717) is 6.04 Å². The Morgan fingerprint density at radius 3 is 3.06 bits per heavy atom. The average Bonchev–Trinajstić information content (AvgIpc) is 2.81. The highest BCUT2D eigenvalue weighted by Crippen LogP contribution is 2.27. The van der Waals surface area contributed by atoms with Crippen molar-refractivity contribution in [3.8, 4) is 0 Å². The summed E-state index contributed by atoms with van der Waals surface area (Å²) in [7, 11) is 0. The number of nitrogens with one attached hydrogen (secondary N) is 1. The summed E-state index contributed by atoms with van der Waals surface area (Å²) in [6.45, 7) is 2.33. The molecule has 2 unspecified atom stereocenters. The van der Waals surface area contributed by atoms with Gasteiger partial charge in [0.15, 0.2) is 5.82 Å². The van der Waals surface area contributed by atoms with Gasteiger partial charge in [-0.25, -0.2) is 9.50 Å². The molecule has 0 radical (unpaired) electrons. The summed E-state index contributed by atoms with van der Waals surface area (Å²) in [5.41, 5.74) is 1.06. The maximum atomic E-state index is 4.44. The normalized spacial score (nSPS) is 25.0. The van der Waals surface area contributed by atoms with Crippen molar-refractivity contribution in [2.45, 2.75) is 38.6 Å². The van der Waals surface area contributed by atoms with Crippen LogP contribution in [0.25, 0.3) is 5.52 Å². The predicted octanol–water partition coefficient (Wildman–Crippen LogP) is 2.72. The second kappa shape index (κ2) is 4.35. The largest absolute Gasteiger partial charge is 0.365 e. The molecule has 1 fully saturated rings. The summed E-state index contributed by atoms with van der Waals surface area (Å²) >= 11 is 0. The number of rotatable bonds is 2. The topological polar surface area (TPSA) is 42.2 Å². The second-order valence-electron chi connectivity index (χ2n) is 4.95. The molecule has 0 saturated heterocycles. The number of nitrogens with zero attached hydrogens (tertiary/aromatic N) is 3. The SMILES string of the molecule is CC1CCCCC1Nc1nccn2nccc12. The summed E-state index contributed by atoms with van der Waals surface area (Å²) in [5.74, 6) is 1.69. The number of anilines is 1. The standard InChI is InChI=1S/C13H18N4/c1-10-4-2-3-5-11(10)16-13-12-6-7-15-17(12)9-8-14-13/h6-11H,2-5H2,1H3,(H,14,16). The Morgan fingerprint density at radius 1 is 1.29 bits per heavy atom. The van der Waals surface area contributed by atoms with E-state index >= 15 is 0 Å². The van der Waals surface area contributed by atoms with Gasteiger partial charge in [0.05, 0.1) is 6.20 Å². The number of fused-ring (bicyclic) bond motifs is 1. The van der Waals surface area contributed by atoms with Crippen molar-refractivity contribution in [2.75, 3.05) is 5.32 Å². The monoisotopic (exact) mass is 230 g/mol. The van der Waals surface area contributed by atoms with Crippen molar-refractivity contribution in [3.63, 3.8) is 0 Å². The van der Waals surface area contributed by atoms with Crippen LogP contribution in [-0.4, -0.2) is 20.6 Å². The second-order valence-corrected chi connectivity index (χ2v) is 4.95. The van der Waals surface area contributed by atoms with E-state index in [1.165, 1.54) is 25.7 Å². The molecule has 17 heavy (non-hydrogen) atoms. The first kappa shape index (κ1) is 10.6. The number of hydrogen-bond donors (Lipinski definition) is 1. The Morgan fingerprint density at radius 2 is 2.18 bits per heavy atom. The zero-order valence-electron chi connectivity index (χ0n) is 10.1. The minimum Gasteiger partial charge on any atom is -0.365 e. The summed E-state index contributed by atoms with van der Waals surface area (Å²) in [5, 5.41) is 7.82. The minimum atomic E-state index is 0.553. The first-order valence-corrected chi connectivity index (χ1v) is 6.39. The van der Waals surface area contributed by atoms with Gasteiger partial charge in [0, 0.05) is 18.4 Å². The lowest BCUT2D eigenvalue weighted by atomic mass is 9.86. The van der Waals surface area contributed by atoms with Crippen LogP contribution >= 0.6 is 0 Å². The van der Waals surface area contributed by atoms with Gasteiger partial charge in [-0.3, -0.25) is 0 Å². The van der Waals surface area contributed by atoms with Crippen LogP contribution in [0.2, 0.25) is 0 Å². The first-order valence-electron chi connectivity index (χ1n) is 6.39. The van der Waals surface area contributed by atoms with E-state index in [-0.39, 0.29) is 0 Å². The first-order chi connectivity index (χ1) is 8.34. The van der Waals surface area contributed by atoms with Gasteiger partial charge in [0.1, 0.15) is 5.52 Å². The third-order valence-electron chi connectivity index (χ3n) is 3.76. The van der Waals surface area contributed by atoms with Crippen molar-refractivity contribution in [1.29, 1.82) is 0 Å². The van der Waals surface area contributed by atoms with Gasteiger partial charge in [-0.1, -0.05) is 19.8 Å². The van der Waals surface area contributed by atoms with E-state index in [1.807, 2.05) is 23.0 Å². The Balaban J connectivity index is 1.86. The Bertz CT molecular complexity index is 505. The maximum Gasteiger partial charge on any atom is 0.152 e. The Hall–Kier alpha value is -1.58. The highest BCUT2D eigenvalue weighted by molar-refractivity contribution is 5.67. The molecular weight excluding hydrogens is 212 g/mol. The Labute approximate surface area is 101 Å². The van der Waals surface area contributed by atoms with Crippen molar-refractivity contribution in [2.24, 2.45) is 5.92 Å². The molecule has 90 valence electrons. The fourth-order valence-electron chi connectivity index (χ4n) is 2.68. The zero-order chi connectivity index (χ0) is 11.7. The quantitative estimate of drug-likeness (QED) is 0.862. The molecule has 0 aromatic carbocycles. The summed E-state index contributed by atoms with van der Waals surface area (Å²) in [6, 6.07) is 2.56. The minimum absolute atomic E-state index is 0.553. The average molecular weight is 230 g/mol. The number of hydrogen-bond acceptors (Lipinski definition) is 3. The molecule has 0 aliphatic heterocycles. The van der Waals surface area contributed by atoms with Crippen LogP contribution in [0.3, 0.4) is 0 Å². The lowest BCUT2D eigenvalue weighted by molar-refractivity contribution is 0.349. The van der Waals surface area contributed by atoms with E-state index in [1.54, 1.807) is 6.20 Å². The molecule has 1 aliphatic rings. The molecule has 2 aromatic heterocycles. The van der Waals surface area contributed by atoms with Gasteiger partial charge >= 0.3 is 0 Å². The van der Waals surface area contributed by atoms with Gasteiger partial charge in [-0.15, -0.1) is 0 Å². The molecule has 1 saturated carbocycles. The van der Waals surface area contributed by atoms with Crippen LogP contribution in [0, 0.1) is 5.92 Å². The van der Waals surface area contributed by atoms with Gasteiger partial charge in [0.25, 0.3) is 0 Å². The van der Waals surface area contributed by atoms with E-state index in [4.69, 9.17) is 0 Å². The van der Waals surface area contributed by atoms with Crippen molar-refractivity contribution in [1.82, 2.24) is 14.6 Å². The van der Waals surface area contributed by atoms with Crippen LogP contribution in [0.4, 0.5) is 5.82 Å². The van der Waals surface area contributed by atoms with Gasteiger partial charge < -0.3 is 5.32 Å². The van der Waals surface area contributed by atoms with Crippen LogP contribution < -0.4 is 5.32 Å². The van der Waals surface area contributed by atoms with E-state index < -0.39 is 0 Å². The molecule has 0 amide bonds. The van der Waals surface area contributed by atoms with Crippen molar-refractivity contribution in [3.05, 3.63) is 24.7 Å². The molecule has 2 heterocycles. The molecule has 0 bridgehead atoms. The zero-order valence-corrected chi connectivity index (χ0v) is 10.1. The molecule has 1 aliphatic carbocycles. The molecule has 2 aromatic rings. The van der Waals surface area contributed by atoms with Crippen LogP contribution in [0.1, 0.15) is 32.6 Å². The van der Waals surface area contributed by atoms with Crippen molar-refractivity contribution < 1.29 is 0 Å². The summed E-state index contributed by atoms with van der Waals surface area (Å²) in [4.78, 5) is 4.44. The van der Waals surface area contributed by atoms with Crippen LogP contribution in [0.15, 0.2) is 24.7 Å². The van der Waals surface area contributed by atoms with Gasteiger partial charge in [0.2, 0.25) is 0 Å². The smallest absolute Gasteiger partial charge is 0.152 e. The molecular formula is C13H18N4. The predicted molar refractivity (Wildman–Crippen MR) is 68.0 cm³/mol. The molecule has 4 nitrogen and oxygen atoms in total. The fraction of sp³-hybridized carbons (Fsp3) is 0.538. The highest BCUT2D eigenvalue weighted by atomic mass is 15.2. The Kier molecular flexibility index (Phi) is 2.71. The molecule has 0 spiro atoms.